The maximum atomic E-state index is 11.3. The number of cyclic esters (lactones) is 1. The van der Waals surface area contributed by atoms with Crippen molar-refractivity contribution in [3.63, 3.8) is 0 Å². The predicted octanol–water partition coefficient (Wildman–Crippen LogP) is 1.34. The molecule has 0 spiro atoms. The van der Waals surface area contributed by atoms with Crippen molar-refractivity contribution < 1.29 is 24.5 Å². The molecule has 98 valence electrons. The molecule has 1 aliphatic rings. The second-order valence-electron chi connectivity index (χ2n) is 4.01. The molecule has 0 fully saturated rings. The van der Waals surface area contributed by atoms with Crippen LogP contribution in [0.15, 0.2) is 28.9 Å². The molecule has 0 saturated carbocycles. The van der Waals surface area contributed by atoms with E-state index >= 15 is 0 Å². The van der Waals surface area contributed by atoms with Gasteiger partial charge in [-0.1, -0.05) is 12.1 Å². The second-order valence-corrected chi connectivity index (χ2v) is 4.01. The number of aliphatic imine (C=N–C) groups is 1. The van der Waals surface area contributed by atoms with Crippen LogP contribution in [0.4, 0.5) is 0 Å². The molecule has 1 aliphatic heterocycles. The Bertz CT molecular complexity index is 615. The number of ether oxygens (including phenoxy) is 1. The number of esters is 1. The zero-order valence-corrected chi connectivity index (χ0v) is 10.1. The second kappa shape index (κ2) is 4.93. The van der Waals surface area contributed by atoms with Crippen LogP contribution in [-0.4, -0.2) is 28.0 Å². The van der Waals surface area contributed by atoms with Gasteiger partial charge in [0, 0.05) is 12.5 Å². The van der Waals surface area contributed by atoms with Crippen LogP contribution in [0.1, 0.15) is 18.1 Å². The number of rotatable bonds is 3. The molecule has 0 radical (unpaired) electrons. The third-order valence-electron chi connectivity index (χ3n) is 2.47. The van der Waals surface area contributed by atoms with E-state index in [1.807, 2.05) is 0 Å². The summed E-state index contributed by atoms with van der Waals surface area (Å²) in [7, 11) is 0. The first-order valence-corrected chi connectivity index (χ1v) is 5.48. The average molecular weight is 261 g/mol. The lowest BCUT2D eigenvalue weighted by molar-refractivity contribution is -0.136. The summed E-state index contributed by atoms with van der Waals surface area (Å²) in [6.07, 6.45) is 1.21. The Morgan fingerprint density at radius 1 is 1.47 bits per heavy atom. The van der Waals surface area contributed by atoms with Gasteiger partial charge in [-0.2, -0.15) is 0 Å². The molecular weight excluding hydrogens is 250 g/mol. The number of phenols is 1. The quantitative estimate of drug-likeness (QED) is 0.632. The minimum absolute atomic E-state index is 0.0961. The van der Waals surface area contributed by atoms with Gasteiger partial charge in [0.1, 0.15) is 5.75 Å². The van der Waals surface area contributed by atoms with Crippen molar-refractivity contribution >= 4 is 23.9 Å². The van der Waals surface area contributed by atoms with Crippen LogP contribution >= 0.6 is 0 Å². The van der Waals surface area contributed by atoms with E-state index in [1.54, 1.807) is 13.0 Å². The highest BCUT2D eigenvalue weighted by atomic mass is 16.6. The molecule has 6 nitrogen and oxygen atoms in total. The number of carboxylic acids is 1. The van der Waals surface area contributed by atoms with Crippen LogP contribution in [-0.2, 0) is 20.7 Å². The minimum atomic E-state index is -0.981. The lowest BCUT2D eigenvalue weighted by atomic mass is 10.1. The molecule has 0 aliphatic carbocycles. The molecule has 1 aromatic carbocycles. The Morgan fingerprint density at radius 3 is 2.74 bits per heavy atom. The number of carboxylic acid groups (broad SMARTS) is 1. The predicted molar refractivity (Wildman–Crippen MR) is 66.6 cm³/mol. The van der Waals surface area contributed by atoms with Crippen LogP contribution in [0.3, 0.4) is 0 Å². The lowest BCUT2D eigenvalue weighted by Gasteiger charge is -2.02. The Morgan fingerprint density at radius 2 is 2.21 bits per heavy atom. The van der Waals surface area contributed by atoms with E-state index < -0.39 is 11.9 Å². The van der Waals surface area contributed by atoms with Gasteiger partial charge in [0.05, 0.1) is 6.42 Å². The normalized spacial score (nSPS) is 16.4. The first-order valence-electron chi connectivity index (χ1n) is 5.48. The Balaban J connectivity index is 2.29. The number of aliphatic carboxylic acids is 1. The fourth-order valence-electron chi connectivity index (χ4n) is 1.66. The molecule has 2 rings (SSSR count). The number of benzene rings is 1. The van der Waals surface area contributed by atoms with Crippen LogP contribution in [0.25, 0.3) is 6.08 Å². The van der Waals surface area contributed by atoms with Crippen LogP contribution in [0.2, 0.25) is 0 Å². The molecule has 19 heavy (non-hydrogen) atoms. The number of aromatic hydroxyl groups is 1. The molecule has 0 saturated heterocycles. The van der Waals surface area contributed by atoms with Gasteiger partial charge < -0.3 is 14.9 Å². The van der Waals surface area contributed by atoms with Crippen LogP contribution in [0.5, 0.6) is 5.75 Å². The van der Waals surface area contributed by atoms with Gasteiger partial charge in [-0.05, 0) is 17.7 Å². The third-order valence-corrected chi connectivity index (χ3v) is 2.47. The van der Waals surface area contributed by atoms with Gasteiger partial charge in [0.15, 0.2) is 11.6 Å². The summed E-state index contributed by atoms with van der Waals surface area (Å²) in [5, 5.41) is 18.4. The van der Waals surface area contributed by atoms with Gasteiger partial charge in [0.2, 0.25) is 0 Å². The summed E-state index contributed by atoms with van der Waals surface area (Å²) in [5.41, 5.74) is 0.944. The summed E-state index contributed by atoms with van der Waals surface area (Å²) in [6, 6.07) is 4.44. The van der Waals surface area contributed by atoms with Gasteiger partial charge in [-0.15, -0.1) is 0 Å². The molecule has 0 aromatic heterocycles. The van der Waals surface area contributed by atoms with Crippen LogP contribution in [0, 0.1) is 0 Å². The van der Waals surface area contributed by atoms with Gasteiger partial charge >= 0.3 is 11.9 Å². The molecule has 6 heteroatoms. The largest absolute Gasteiger partial charge is 0.507 e. The van der Waals surface area contributed by atoms with Gasteiger partial charge in [-0.3, -0.25) is 4.79 Å². The highest BCUT2D eigenvalue weighted by Gasteiger charge is 2.20. The first kappa shape index (κ1) is 12.8. The molecule has 0 bridgehead atoms. The summed E-state index contributed by atoms with van der Waals surface area (Å²) in [5.74, 6) is -1.42. The number of carbonyl (C=O) groups is 2. The van der Waals surface area contributed by atoms with Crippen molar-refractivity contribution in [3.8, 4) is 5.75 Å². The van der Waals surface area contributed by atoms with E-state index in [-0.39, 0.29) is 23.8 Å². The summed E-state index contributed by atoms with van der Waals surface area (Å²) in [6.45, 7) is 1.55. The summed E-state index contributed by atoms with van der Waals surface area (Å²) in [4.78, 5) is 25.8. The zero-order valence-electron chi connectivity index (χ0n) is 10.1. The summed E-state index contributed by atoms with van der Waals surface area (Å²) >= 11 is 0. The molecule has 2 N–H and O–H groups in total. The molecule has 0 amide bonds. The Labute approximate surface area is 108 Å². The third kappa shape index (κ3) is 2.98. The van der Waals surface area contributed by atoms with Gasteiger partial charge in [-0.25, -0.2) is 9.79 Å². The fraction of sp³-hybridized carbons (Fsp3) is 0.154. The monoisotopic (exact) mass is 261 g/mol. The number of hydrogen-bond donors (Lipinski definition) is 2. The van der Waals surface area contributed by atoms with E-state index in [4.69, 9.17) is 9.84 Å². The molecule has 1 heterocycles. The van der Waals surface area contributed by atoms with Crippen molar-refractivity contribution in [2.24, 2.45) is 4.99 Å². The topological polar surface area (TPSA) is 96.2 Å². The summed E-state index contributed by atoms with van der Waals surface area (Å²) < 4.78 is 4.75. The molecule has 1 aromatic rings. The van der Waals surface area contributed by atoms with Gasteiger partial charge in [0.25, 0.3) is 0 Å². The fourth-order valence-corrected chi connectivity index (χ4v) is 1.66. The highest BCUT2D eigenvalue weighted by molar-refractivity contribution is 6.06. The maximum absolute atomic E-state index is 11.3. The zero-order chi connectivity index (χ0) is 14.0. The van der Waals surface area contributed by atoms with E-state index in [2.05, 4.69) is 4.99 Å². The average Bonchev–Trinajstić information content (AvgIpc) is 2.60. The van der Waals surface area contributed by atoms with Crippen molar-refractivity contribution in [1.29, 1.82) is 0 Å². The van der Waals surface area contributed by atoms with Crippen molar-refractivity contribution in [1.82, 2.24) is 0 Å². The van der Waals surface area contributed by atoms with Crippen LogP contribution < -0.4 is 0 Å². The Kier molecular flexibility index (Phi) is 3.33. The van der Waals surface area contributed by atoms with E-state index in [1.165, 1.54) is 18.2 Å². The number of carbonyl (C=O) groups excluding carboxylic acids is 1. The Hall–Kier alpha value is -2.63. The molecular formula is C13H11NO5. The number of nitrogens with zero attached hydrogens (tertiary/aromatic N) is 1. The highest BCUT2D eigenvalue weighted by Crippen LogP contribution is 2.24. The lowest BCUT2D eigenvalue weighted by Crippen LogP contribution is -2.00. The first-order chi connectivity index (χ1) is 8.95. The van der Waals surface area contributed by atoms with Crippen molar-refractivity contribution in [3.05, 3.63) is 35.0 Å². The maximum Gasteiger partial charge on any atom is 0.363 e. The van der Waals surface area contributed by atoms with E-state index in [0.29, 0.717) is 11.1 Å². The number of hydrogen-bond acceptors (Lipinski definition) is 5. The molecule has 0 unspecified atom stereocenters. The molecule has 0 atom stereocenters. The van der Waals surface area contributed by atoms with E-state index in [0.717, 1.165) is 0 Å². The smallest absolute Gasteiger partial charge is 0.363 e. The van der Waals surface area contributed by atoms with E-state index in [9.17, 15) is 14.7 Å². The SMILES string of the molecule is CC1=N/C(=C\c2ccc(CC(=O)O)cc2O)C(=O)O1. The number of phenolic OH excluding ortho intramolecular Hbond substituents is 1. The standard InChI is InChI=1S/C13H11NO5/c1-7-14-10(13(18)19-7)6-9-3-2-8(4-11(9)15)5-12(16)17/h2-4,6,15H,5H2,1H3,(H,16,17)/b10-6-. The minimum Gasteiger partial charge on any atom is -0.507 e. The van der Waals surface area contributed by atoms with Crippen molar-refractivity contribution in [2.45, 2.75) is 13.3 Å². The van der Waals surface area contributed by atoms with Crippen molar-refractivity contribution in [2.75, 3.05) is 0 Å².